The zero-order valence-corrected chi connectivity index (χ0v) is 21.3. The third-order valence-corrected chi connectivity index (χ3v) is 6.25. The largest absolute Gasteiger partial charge is 0.490 e. The first-order chi connectivity index (χ1) is 16.6. The molecule has 1 aromatic carbocycles. The van der Waals surface area contributed by atoms with Crippen molar-refractivity contribution in [3.63, 3.8) is 0 Å². The molecule has 2 aromatic rings. The van der Waals surface area contributed by atoms with E-state index in [2.05, 4.69) is 41.2 Å². The molecule has 2 rings (SSSR count). The lowest BCUT2D eigenvalue weighted by molar-refractivity contribution is 0.200. The van der Waals surface area contributed by atoms with Gasteiger partial charge in [-0.3, -0.25) is 0 Å². The smallest absolute Gasteiger partial charge is 0.159 e. The van der Waals surface area contributed by atoms with E-state index in [1.165, 1.54) is 56.9 Å². The second-order valence-corrected chi connectivity index (χ2v) is 9.36. The molecule has 0 amide bonds. The molecule has 0 radical (unpaired) electrons. The molecule has 1 heterocycles. The Morgan fingerprint density at radius 1 is 0.706 bits per heavy atom. The Bertz CT molecular complexity index is 752. The van der Waals surface area contributed by atoms with Gasteiger partial charge in [0.2, 0.25) is 0 Å². The summed E-state index contributed by atoms with van der Waals surface area (Å²) in [4.78, 5) is 8.79. The van der Waals surface area contributed by atoms with E-state index in [-0.39, 0.29) is 25.9 Å². The summed E-state index contributed by atoms with van der Waals surface area (Å²) in [6, 6.07) is 8.46. The molecular weight excluding hydrogens is 430 g/mol. The summed E-state index contributed by atoms with van der Waals surface area (Å²) in [5, 5.41) is 0. The van der Waals surface area contributed by atoms with E-state index < -0.39 is 12.3 Å². The van der Waals surface area contributed by atoms with Gasteiger partial charge in [-0.05, 0) is 37.7 Å². The Balaban J connectivity index is 1.65. The van der Waals surface area contributed by atoms with Crippen molar-refractivity contribution >= 4 is 0 Å². The zero-order valence-electron chi connectivity index (χ0n) is 21.3. The maximum Gasteiger partial charge on any atom is 0.159 e. The van der Waals surface area contributed by atoms with E-state index >= 15 is 0 Å². The van der Waals surface area contributed by atoms with Crippen LogP contribution < -0.4 is 4.74 Å². The third-order valence-electron chi connectivity index (χ3n) is 6.25. The molecule has 2 atom stereocenters. The van der Waals surface area contributed by atoms with E-state index in [4.69, 9.17) is 4.74 Å². The van der Waals surface area contributed by atoms with Crippen molar-refractivity contribution in [3.8, 4) is 17.1 Å². The third kappa shape index (κ3) is 11.9. The van der Waals surface area contributed by atoms with Crippen LogP contribution in [0.2, 0.25) is 0 Å². The summed E-state index contributed by atoms with van der Waals surface area (Å²) in [6.45, 7) is 4.43. The van der Waals surface area contributed by atoms with Crippen molar-refractivity contribution < 1.29 is 13.5 Å². The fourth-order valence-electron chi connectivity index (χ4n) is 4.09. The highest BCUT2D eigenvalue weighted by Gasteiger charge is 2.12. The molecule has 3 nitrogen and oxygen atoms in total. The molecule has 0 bridgehead atoms. The lowest BCUT2D eigenvalue weighted by Crippen LogP contribution is -2.11. The SMILES string of the molecule is CCCCCCCCCCc1ccc(-c2ncc(OCCC(F)CCC(F)CCC)cn2)cc1. The summed E-state index contributed by atoms with van der Waals surface area (Å²) >= 11 is 0. The maximum absolute atomic E-state index is 13.9. The average Bonchev–Trinajstić information content (AvgIpc) is 2.85. The standard InChI is InChI=1S/C29H44F2N2O/c1-3-5-6-7-8-9-10-11-13-24-14-16-25(17-15-24)29-32-22-28(23-33-29)34-21-20-27(31)19-18-26(30)12-4-2/h14-17,22-23,26-27H,3-13,18-21H2,1-2H3. The van der Waals surface area contributed by atoms with Crippen LogP contribution in [0.15, 0.2) is 36.7 Å². The molecule has 0 saturated heterocycles. The zero-order chi connectivity index (χ0) is 24.4. The van der Waals surface area contributed by atoms with Gasteiger partial charge in [-0.25, -0.2) is 18.7 Å². The minimum Gasteiger partial charge on any atom is -0.490 e. The van der Waals surface area contributed by atoms with Gasteiger partial charge in [-0.2, -0.15) is 0 Å². The predicted molar refractivity (Wildman–Crippen MR) is 138 cm³/mol. The highest BCUT2D eigenvalue weighted by Crippen LogP contribution is 2.20. The molecule has 0 fully saturated rings. The van der Waals surface area contributed by atoms with Crippen LogP contribution in [-0.2, 0) is 6.42 Å². The van der Waals surface area contributed by atoms with Gasteiger partial charge in [-0.1, -0.05) is 89.5 Å². The molecular formula is C29H44F2N2O. The number of benzene rings is 1. The number of hydrogen-bond acceptors (Lipinski definition) is 3. The minimum atomic E-state index is -1.04. The predicted octanol–water partition coefficient (Wildman–Crippen LogP) is 8.85. The number of ether oxygens (including phenoxy) is 1. The minimum absolute atomic E-state index is 0.238. The number of unbranched alkanes of at least 4 members (excludes halogenated alkanes) is 7. The van der Waals surface area contributed by atoms with Crippen molar-refractivity contribution in [1.82, 2.24) is 9.97 Å². The van der Waals surface area contributed by atoms with Gasteiger partial charge in [0.15, 0.2) is 11.6 Å². The molecule has 0 aliphatic carbocycles. The summed E-state index contributed by atoms with van der Waals surface area (Å²) in [7, 11) is 0. The van der Waals surface area contributed by atoms with Crippen molar-refractivity contribution in [2.75, 3.05) is 6.61 Å². The Hall–Kier alpha value is -2.04. The molecule has 0 aliphatic rings. The van der Waals surface area contributed by atoms with Crippen LogP contribution in [0.3, 0.4) is 0 Å². The summed E-state index contributed by atoms with van der Waals surface area (Å²) in [6.07, 6.45) is 15.2. The molecule has 0 spiro atoms. The van der Waals surface area contributed by atoms with Gasteiger partial charge < -0.3 is 4.74 Å². The van der Waals surface area contributed by atoms with Crippen molar-refractivity contribution in [2.24, 2.45) is 0 Å². The number of hydrogen-bond donors (Lipinski definition) is 0. The van der Waals surface area contributed by atoms with Crippen LogP contribution in [0, 0.1) is 0 Å². The molecule has 2 unspecified atom stereocenters. The quantitative estimate of drug-likeness (QED) is 0.191. The number of nitrogens with zero attached hydrogens (tertiary/aromatic N) is 2. The van der Waals surface area contributed by atoms with Crippen LogP contribution in [0.5, 0.6) is 5.75 Å². The van der Waals surface area contributed by atoms with E-state index in [9.17, 15) is 8.78 Å². The number of halogens is 2. The van der Waals surface area contributed by atoms with Crippen molar-refractivity contribution in [3.05, 3.63) is 42.2 Å². The second-order valence-electron chi connectivity index (χ2n) is 9.36. The Morgan fingerprint density at radius 2 is 1.29 bits per heavy atom. The molecule has 190 valence electrons. The summed E-state index contributed by atoms with van der Waals surface area (Å²) in [5.74, 6) is 1.18. The van der Waals surface area contributed by atoms with Crippen LogP contribution in [0.4, 0.5) is 8.78 Å². The Morgan fingerprint density at radius 3 is 1.91 bits per heavy atom. The molecule has 1 aromatic heterocycles. The lowest BCUT2D eigenvalue weighted by Gasteiger charge is -2.11. The second kappa shape index (κ2) is 17.4. The van der Waals surface area contributed by atoms with Crippen LogP contribution in [0.1, 0.15) is 103 Å². The van der Waals surface area contributed by atoms with E-state index in [1.54, 1.807) is 12.4 Å². The number of aryl methyl sites for hydroxylation is 1. The monoisotopic (exact) mass is 474 g/mol. The van der Waals surface area contributed by atoms with Gasteiger partial charge >= 0.3 is 0 Å². The van der Waals surface area contributed by atoms with Gasteiger partial charge in [0.05, 0.1) is 19.0 Å². The molecule has 0 N–H and O–H groups in total. The molecule has 0 aliphatic heterocycles. The van der Waals surface area contributed by atoms with E-state index in [0.717, 1.165) is 18.4 Å². The molecule has 5 heteroatoms. The molecule has 34 heavy (non-hydrogen) atoms. The fourth-order valence-corrected chi connectivity index (χ4v) is 4.09. The van der Waals surface area contributed by atoms with Crippen LogP contribution in [0.25, 0.3) is 11.4 Å². The van der Waals surface area contributed by atoms with Crippen LogP contribution >= 0.6 is 0 Å². The average molecular weight is 475 g/mol. The van der Waals surface area contributed by atoms with E-state index in [1.807, 2.05) is 6.92 Å². The first-order valence-corrected chi connectivity index (χ1v) is 13.4. The maximum atomic E-state index is 13.9. The topological polar surface area (TPSA) is 35.0 Å². The molecule has 0 saturated carbocycles. The Labute approximate surface area is 205 Å². The number of rotatable bonds is 19. The van der Waals surface area contributed by atoms with Gasteiger partial charge in [0.25, 0.3) is 0 Å². The summed E-state index contributed by atoms with van der Waals surface area (Å²) in [5.41, 5.74) is 2.33. The van der Waals surface area contributed by atoms with Crippen LogP contribution in [-0.4, -0.2) is 28.9 Å². The lowest BCUT2D eigenvalue weighted by atomic mass is 10.0. The first-order valence-electron chi connectivity index (χ1n) is 13.4. The first kappa shape index (κ1) is 28.2. The van der Waals surface area contributed by atoms with Gasteiger partial charge in [0, 0.05) is 12.0 Å². The van der Waals surface area contributed by atoms with E-state index in [0.29, 0.717) is 18.0 Å². The highest BCUT2D eigenvalue weighted by molar-refractivity contribution is 5.55. The normalized spacial score (nSPS) is 13.1. The van der Waals surface area contributed by atoms with Crippen molar-refractivity contribution in [1.29, 1.82) is 0 Å². The van der Waals surface area contributed by atoms with Gasteiger partial charge in [0.1, 0.15) is 12.3 Å². The fraction of sp³-hybridized carbons (Fsp3) is 0.655. The number of aromatic nitrogens is 2. The highest BCUT2D eigenvalue weighted by atomic mass is 19.1. The van der Waals surface area contributed by atoms with Gasteiger partial charge in [-0.15, -0.1) is 0 Å². The van der Waals surface area contributed by atoms with Crippen molar-refractivity contribution in [2.45, 2.75) is 116 Å². The Kier molecular flexibility index (Phi) is 14.4. The summed E-state index contributed by atoms with van der Waals surface area (Å²) < 4.78 is 33.0. The number of alkyl halides is 2.